The van der Waals surface area contributed by atoms with Gasteiger partial charge in [-0.3, -0.25) is 4.79 Å². The predicted molar refractivity (Wildman–Crippen MR) is 81.7 cm³/mol. The van der Waals surface area contributed by atoms with E-state index in [9.17, 15) is 4.79 Å². The second-order valence-electron chi connectivity index (χ2n) is 4.55. The molecule has 0 aliphatic heterocycles. The van der Waals surface area contributed by atoms with Crippen molar-refractivity contribution in [3.05, 3.63) is 52.0 Å². The first kappa shape index (κ1) is 14.7. The van der Waals surface area contributed by atoms with Gasteiger partial charge in [0.15, 0.2) is 0 Å². The van der Waals surface area contributed by atoms with Crippen molar-refractivity contribution in [1.82, 2.24) is 15.6 Å². The molecule has 2 rings (SSSR count). The van der Waals surface area contributed by atoms with Crippen molar-refractivity contribution in [3.8, 4) is 0 Å². The van der Waals surface area contributed by atoms with Crippen LogP contribution in [-0.4, -0.2) is 24.0 Å². The van der Waals surface area contributed by atoms with Crippen molar-refractivity contribution >= 4 is 17.2 Å². The summed E-state index contributed by atoms with van der Waals surface area (Å²) < 4.78 is 0. The number of aryl methyl sites for hydroxylation is 1. The number of thiazole rings is 1. The van der Waals surface area contributed by atoms with Gasteiger partial charge in [0.2, 0.25) is 5.91 Å². The Morgan fingerprint density at radius 2 is 2.10 bits per heavy atom. The Morgan fingerprint density at radius 1 is 1.30 bits per heavy atom. The number of nitrogens with one attached hydrogen (secondary N) is 2. The first-order valence-corrected chi connectivity index (χ1v) is 7.54. The van der Waals surface area contributed by atoms with Gasteiger partial charge < -0.3 is 10.6 Å². The number of aromatic nitrogens is 1. The number of amides is 1. The molecular weight excluding hydrogens is 270 g/mol. The van der Waals surface area contributed by atoms with Gasteiger partial charge in [-0.25, -0.2) is 4.98 Å². The molecule has 4 nitrogen and oxygen atoms in total. The van der Waals surface area contributed by atoms with Crippen molar-refractivity contribution < 1.29 is 4.79 Å². The first-order valence-electron chi connectivity index (χ1n) is 6.66. The second kappa shape index (κ2) is 7.77. The lowest BCUT2D eigenvalue weighted by atomic mass is 10.2. The molecule has 1 aromatic heterocycles. The quantitative estimate of drug-likeness (QED) is 0.766. The third kappa shape index (κ3) is 5.11. The maximum atomic E-state index is 11.6. The van der Waals surface area contributed by atoms with Crippen LogP contribution in [0.2, 0.25) is 0 Å². The molecule has 106 valence electrons. The highest BCUT2D eigenvalue weighted by atomic mass is 32.1. The van der Waals surface area contributed by atoms with Gasteiger partial charge in [0.25, 0.3) is 0 Å². The summed E-state index contributed by atoms with van der Waals surface area (Å²) in [5.41, 5.74) is 2.20. The Hall–Kier alpha value is -1.72. The molecule has 1 heterocycles. The van der Waals surface area contributed by atoms with Crippen LogP contribution in [-0.2, 0) is 17.8 Å². The van der Waals surface area contributed by atoms with E-state index in [2.05, 4.69) is 21.0 Å². The molecule has 0 bridgehead atoms. The lowest BCUT2D eigenvalue weighted by Crippen LogP contribution is -2.34. The van der Waals surface area contributed by atoms with Crippen molar-refractivity contribution in [2.75, 3.05) is 13.1 Å². The van der Waals surface area contributed by atoms with Crippen molar-refractivity contribution in [3.63, 3.8) is 0 Å². The molecule has 1 amide bonds. The van der Waals surface area contributed by atoms with E-state index >= 15 is 0 Å². The fraction of sp³-hybridized carbons (Fsp3) is 0.333. The Balaban J connectivity index is 1.58. The molecule has 1 aromatic carbocycles. The Bertz CT molecular complexity index is 539. The zero-order valence-electron chi connectivity index (χ0n) is 11.6. The van der Waals surface area contributed by atoms with E-state index in [1.54, 1.807) is 11.3 Å². The van der Waals surface area contributed by atoms with E-state index in [-0.39, 0.29) is 5.91 Å². The summed E-state index contributed by atoms with van der Waals surface area (Å²) in [6.45, 7) is 3.68. The van der Waals surface area contributed by atoms with Crippen molar-refractivity contribution in [2.45, 2.75) is 19.9 Å². The van der Waals surface area contributed by atoms with Gasteiger partial charge >= 0.3 is 0 Å². The van der Waals surface area contributed by atoms with Gasteiger partial charge in [0, 0.05) is 24.9 Å². The Labute approximate surface area is 123 Å². The lowest BCUT2D eigenvalue weighted by molar-refractivity contribution is -0.120. The minimum Gasteiger partial charge on any atom is -0.351 e. The number of nitrogens with zero attached hydrogens (tertiary/aromatic N) is 1. The average molecular weight is 289 g/mol. The molecule has 0 saturated carbocycles. The summed E-state index contributed by atoms with van der Waals surface area (Å²) in [6, 6.07) is 9.90. The second-order valence-corrected chi connectivity index (χ2v) is 5.61. The van der Waals surface area contributed by atoms with E-state index in [0.29, 0.717) is 13.1 Å². The van der Waals surface area contributed by atoms with E-state index in [1.165, 1.54) is 0 Å². The number of hydrogen-bond donors (Lipinski definition) is 2. The van der Waals surface area contributed by atoms with Gasteiger partial charge in [-0.1, -0.05) is 30.3 Å². The van der Waals surface area contributed by atoms with Crippen LogP contribution in [0.5, 0.6) is 0 Å². The van der Waals surface area contributed by atoms with Crippen molar-refractivity contribution in [2.24, 2.45) is 0 Å². The van der Waals surface area contributed by atoms with Crippen LogP contribution in [0.4, 0.5) is 0 Å². The number of carbonyl (C=O) groups is 1. The Kier molecular flexibility index (Phi) is 5.70. The van der Waals surface area contributed by atoms with E-state index < -0.39 is 0 Å². The van der Waals surface area contributed by atoms with Crippen LogP contribution >= 0.6 is 11.3 Å². The molecule has 0 saturated heterocycles. The van der Waals surface area contributed by atoms with E-state index in [4.69, 9.17) is 0 Å². The maximum Gasteiger partial charge on any atom is 0.234 e. The topological polar surface area (TPSA) is 54.0 Å². The summed E-state index contributed by atoms with van der Waals surface area (Å²) in [5, 5.41) is 9.16. The van der Waals surface area contributed by atoms with Crippen molar-refractivity contribution in [1.29, 1.82) is 0 Å². The monoisotopic (exact) mass is 289 g/mol. The third-order valence-electron chi connectivity index (χ3n) is 2.84. The molecule has 0 atom stereocenters. The average Bonchev–Trinajstić information content (AvgIpc) is 2.88. The zero-order valence-corrected chi connectivity index (χ0v) is 12.4. The van der Waals surface area contributed by atoms with Gasteiger partial charge in [0.1, 0.15) is 0 Å². The molecule has 0 spiro atoms. The van der Waals surface area contributed by atoms with Gasteiger partial charge in [-0.2, -0.15) is 0 Å². The molecule has 0 unspecified atom stereocenters. The van der Waals surface area contributed by atoms with Gasteiger partial charge in [0.05, 0.1) is 17.2 Å². The molecule has 20 heavy (non-hydrogen) atoms. The highest BCUT2D eigenvalue weighted by Crippen LogP contribution is 2.07. The third-order valence-corrected chi connectivity index (χ3v) is 3.66. The molecular formula is C15H19N3OS. The number of hydrogen-bond acceptors (Lipinski definition) is 4. The summed E-state index contributed by atoms with van der Waals surface area (Å²) in [5.74, 6) is 0.0170. The van der Waals surface area contributed by atoms with Crippen LogP contribution in [0.1, 0.15) is 16.3 Å². The molecule has 2 N–H and O–H groups in total. The fourth-order valence-electron chi connectivity index (χ4n) is 1.80. The maximum absolute atomic E-state index is 11.6. The molecule has 0 fully saturated rings. The minimum atomic E-state index is 0.0170. The van der Waals surface area contributed by atoms with Crippen LogP contribution in [0.15, 0.2) is 35.7 Å². The van der Waals surface area contributed by atoms with Gasteiger partial charge in [-0.05, 0) is 12.5 Å². The normalized spacial score (nSPS) is 10.4. The number of carbonyl (C=O) groups excluding carboxylic acids is 1. The molecule has 5 heteroatoms. The molecule has 0 aliphatic carbocycles. The Morgan fingerprint density at radius 3 is 2.80 bits per heavy atom. The van der Waals surface area contributed by atoms with Crippen LogP contribution < -0.4 is 10.6 Å². The predicted octanol–water partition coefficient (Wildman–Crippen LogP) is 1.90. The zero-order chi connectivity index (χ0) is 14.2. The van der Waals surface area contributed by atoms with Crippen LogP contribution in [0.3, 0.4) is 0 Å². The smallest absolute Gasteiger partial charge is 0.234 e. The van der Waals surface area contributed by atoms with E-state index in [1.807, 2.05) is 37.3 Å². The molecule has 2 aromatic rings. The minimum absolute atomic E-state index is 0.0170. The number of rotatable bonds is 7. The highest BCUT2D eigenvalue weighted by Gasteiger charge is 2.02. The standard InChI is InChI=1S/C15H19N3OS/c1-12-18-14(11-20-12)7-8-16-10-15(19)17-9-13-5-3-2-4-6-13/h2-6,11,16H,7-10H2,1H3,(H,17,19). The fourth-order valence-corrected chi connectivity index (χ4v) is 2.45. The van der Waals surface area contributed by atoms with E-state index in [0.717, 1.165) is 29.2 Å². The molecule has 0 radical (unpaired) electrons. The first-order chi connectivity index (χ1) is 9.74. The summed E-state index contributed by atoms with van der Waals surface area (Å²) in [7, 11) is 0. The van der Waals surface area contributed by atoms with Crippen LogP contribution in [0, 0.1) is 6.92 Å². The summed E-state index contributed by atoms with van der Waals surface area (Å²) >= 11 is 1.66. The SMILES string of the molecule is Cc1nc(CCNCC(=O)NCc2ccccc2)cs1. The van der Waals surface area contributed by atoms with Gasteiger partial charge in [-0.15, -0.1) is 11.3 Å². The lowest BCUT2D eigenvalue weighted by Gasteiger charge is -2.06. The largest absolute Gasteiger partial charge is 0.351 e. The van der Waals surface area contributed by atoms with Crippen LogP contribution in [0.25, 0.3) is 0 Å². The summed E-state index contributed by atoms with van der Waals surface area (Å²) in [4.78, 5) is 16.0. The number of benzene rings is 1. The highest BCUT2D eigenvalue weighted by molar-refractivity contribution is 7.09. The summed E-state index contributed by atoms with van der Waals surface area (Å²) in [6.07, 6.45) is 0.857. The molecule has 0 aliphatic rings.